The van der Waals surface area contributed by atoms with Crippen LogP contribution in [0.4, 0.5) is 0 Å². The molecule has 0 unspecified atom stereocenters. The number of nitrogens with one attached hydrogen (secondary N) is 1. The van der Waals surface area contributed by atoms with Gasteiger partial charge >= 0.3 is 0 Å². The second kappa shape index (κ2) is 6.62. The quantitative estimate of drug-likeness (QED) is 0.819. The standard InChI is InChI=1S/C16H23NO2/c1-4-8-18-15-7-5-6-14-13(11-19-16(14)15)10-17-9-12(2)3/h5-7,11-12,17H,4,8-10H2,1-3H3. The molecule has 0 aliphatic heterocycles. The monoisotopic (exact) mass is 261 g/mol. The first-order valence-corrected chi connectivity index (χ1v) is 7.05. The summed E-state index contributed by atoms with van der Waals surface area (Å²) >= 11 is 0. The van der Waals surface area contributed by atoms with Crippen LogP contribution in [0.2, 0.25) is 0 Å². The molecule has 0 spiro atoms. The molecule has 3 heteroatoms. The second-order valence-corrected chi connectivity index (χ2v) is 5.27. The van der Waals surface area contributed by atoms with E-state index in [1.165, 1.54) is 5.56 Å². The number of ether oxygens (including phenoxy) is 1. The van der Waals surface area contributed by atoms with Crippen LogP contribution < -0.4 is 10.1 Å². The Morgan fingerprint density at radius 3 is 2.89 bits per heavy atom. The molecule has 19 heavy (non-hydrogen) atoms. The van der Waals surface area contributed by atoms with Crippen molar-refractivity contribution in [2.24, 2.45) is 5.92 Å². The molecular formula is C16H23NO2. The van der Waals surface area contributed by atoms with Gasteiger partial charge in [-0.25, -0.2) is 0 Å². The van der Waals surface area contributed by atoms with Crippen molar-refractivity contribution in [1.82, 2.24) is 5.32 Å². The zero-order chi connectivity index (χ0) is 13.7. The molecule has 0 amide bonds. The molecule has 0 atom stereocenters. The van der Waals surface area contributed by atoms with Gasteiger partial charge in [-0.05, 0) is 24.9 Å². The van der Waals surface area contributed by atoms with Crippen LogP contribution in [0.1, 0.15) is 32.8 Å². The highest BCUT2D eigenvalue weighted by Crippen LogP contribution is 2.29. The van der Waals surface area contributed by atoms with Gasteiger partial charge in [-0.2, -0.15) is 0 Å². The first kappa shape index (κ1) is 13.9. The molecule has 3 nitrogen and oxygen atoms in total. The normalized spacial score (nSPS) is 11.4. The molecule has 0 aliphatic carbocycles. The summed E-state index contributed by atoms with van der Waals surface area (Å²) in [6, 6.07) is 6.08. The number of para-hydroxylation sites is 1. The summed E-state index contributed by atoms with van der Waals surface area (Å²) in [6.45, 7) is 9.08. The lowest BCUT2D eigenvalue weighted by molar-refractivity contribution is 0.316. The third-order valence-corrected chi connectivity index (χ3v) is 2.97. The number of hydrogen-bond donors (Lipinski definition) is 1. The van der Waals surface area contributed by atoms with Gasteiger partial charge in [0.1, 0.15) is 0 Å². The molecule has 0 fully saturated rings. The summed E-state index contributed by atoms with van der Waals surface area (Å²) in [4.78, 5) is 0. The number of hydrogen-bond acceptors (Lipinski definition) is 3. The first-order valence-electron chi connectivity index (χ1n) is 7.05. The van der Waals surface area contributed by atoms with Crippen LogP contribution >= 0.6 is 0 Å². The molecule has 0 bridgehead atoms. The zero-order valence-corrected chi connectivity index (χ0v) is 12.0. The Hall–Kier alpha value is -1.48. The van der Waals surface area contributed by atoms with Crippen LogP contribution in [0.3, 0.4) is 0 Å². The van der Waals surface area contributed by atoms with Crippen molar-refractivity contribution in [1.29, 1.82) is 0 Å². The predicted molar refractivity (Wildman–Crippen MR) is 78.5 cm³/mol. The number of benzene rings is 1. The van der Waals surface area contributed by atoms with Crippen molar-refractivity contribution in [3.63, 3.8) is 0 Å². The van der Waals surface area contributed by atoms with Gasteiger partial charge in [0.15, 0.2) is 11.3 Å². The Morgan fingerprint density at radius 2 is 2.16 bits per heavy atom. The van der Waals surface area contributed by atoms with E-state index in [4.69, 9.17) is 9.15 Å². The maximum atomic E-state index is 5.71. The van der Waals surface area contributed by atoms with Crippen LogP contribution in [0.15, 0.2) is 28.9 Å². The molecule has 104 valence electrons. The highest BCUT2D eigenvalue weighted by atomic mass is 16.5. The molecule has 0 saturated heterocycles. The summed E-state index contributed by atoms with van der Waals surface area (Å²) in [6.07, 6.45) is 2.83. The van der Waals surface area contributed by atoms with E-state index in [-0.39, 0.29) is 0 Å². The number of furan rings is 1. The van der Waals surface area contributed by atoms with Crippen molar-refractivity contribution in [2.75, 3.05) is 13.2 Å². The highest BCUT2D eigenvalue weighted by molar-refractivity contribution is 5.86. The fraction of sp³-hybridized carbons (Fsp3) is 0.500. The van der Waals surface area contributed by atoms with E-state index < -0.39 is 0 Å². The topological polar surface area (TPSA) is 34.4 Å². The minimum atomic E-state index is 0.654. The van der Waals surface area contributed by atoms with Gasteiger partial charge in [-0.15, -0.1) is 0 Å². The van der Waals surface area contributed by atoms with Crippen LogP contribution in [0.5, 0.6) is 5.75 Å². The van der Waals surface area contributed by atoms with E-state index in [0.717, 1.165) is 42.8 Å². The van der Waals surface area contributed by atoms with Gasteiger partial charge in [0.2, 0.25) is 0 Å². The second-order valence-electron chi connectivity index (χ2n) is 5.27. The Bertz CT molecular complexity index is 516. The zero-order valence-electron chi connectivity index (χ0n) is 12.0. The van der Waals surface area contributed by atoms with Crippen LogP contribution in [-0.4, -0.2) is 13.2 Å². The Balaban J connectivity index is 2.13. The van der Waals surface area contributed by atoms with Crippen molar-refractivity contribution >= 4 is 11.0 Å². The average molecular weight is 261 g/mol. The molecule has 2 rings (SSSR count). The van der Waals surface area contributed by atoms with E-state index in [0.29, 0.717) is 5.92 Å². The lowest BCUT2D eigenvalue weighted by Gasteiger charge is -2.06. The van der Waals surface area contributed by atoms with E-state index >= 15 is 0 Å². The number of fused-ring (bicyclic) bond motifs is 1. The van der Waals surface area contributed by atoms with Gasteiger partial charge in [-0.1, -0.05) is 32.9 Å². The Labute approximate surface area is 114 Å². The van der Waals surface area contributed by atoms with Gasteiger partial charge in [0.05, 0.1) is 12.9 Å². The van der Waals surface area contributed by atoms with Crippen molar-refractivity contribution in [3.05, 3.63) is 30.0 Å². The molecule has 1 N–H and O–H groups in total. The van der Waals surface area contributed by atoms with Gasteiger partial charge < -0.3 is 14.5 Å². The van der Waals surface area contributed by atoms with Gasteiger partial charge in [-0.3, -0.25) is 0 Å². The van der Waals surface area contributed by atoms with Crippen LogP contribution in [0, 0.1) is 5.92 Å². The molecule has 2 aromatic rings. The van der Waals surface area contributed by atoms with E-state index in [9.17, 15) is 0 Å². The van der Waals surface area contributed by atoms with Gasteiger partial charge in [0, 0.05) is 17.5 Å². The first-order chi connectivity index (χ1) is 9.22. The molecule has 1 aromatic heterocycles. The maximum absolute atomic E-state index is 5.71. The summed E-state index contributed by atoms with van der Waals surface area (Å²) in [5.41, 5.74) is 2.05. The summed E-state index contributed by atoms with van der Waals surface area (Å²) in [5, 5.41) is 4.58. The SMILES string of the molecule is CCCOc1cccc2c(CNCC(C)C)coc12. The lowest BCUT2D eigenvalue weighted by atomic mass is 10.1. The smallest absolute Gasteiger partial charge is 0.176 e. The summed E-state index contributed by atoms with van der Waals surface area (Å²) < 4.78 is 11.4. The molecular weight excluding hydrogens is 238 g/mol. The van der Waals surface area contributed by atoms with E-state index in [2.05, 4.69) is 32.2 Å². The maximum Gasteiger partial charge on any atom is 0.176 e. The van der Waals surface area contributed by atoms with Crippen molar-refractivity contribution < 1.29 is 9.15 Å². The summed E-state index contributed by atoms with van der Waals surface area (Å²) in [5.74, 6) is 1.50. The fourth-order valence-corrected chi connectivity index (χ4v) is 2.04. The van der Waals surface area contributed by atoms with Gasteiger partial charge in [0.25, 0.3) is 0 Å². The molecule has 1 heterocycles. The minimum Gasteiger partial charge on any atom is -0.490 e. The molecule has 1 aromatic carbocycles. The molecule has 0 radical (unpaired) electrons. The van der Waals surface area contributed by atoms with Crippen LogP contribution in [-0.2, 0) is 6.54 Å². The molecule has 0 saturated carbocycles. The van der Waals surface area contributed by atoms with Crippen molar-refractivity contribution in [3.8, 4) is 5.75 Å². The predicted octanol–water partition coefficient (Wildman–Crippen LogP) is 3.97. The third-order valence-electron chi connectivity index (χ3n) is 2.97. The minimum absolute atomic E-state index is 0.654. The van der Waals surface area contributed by atoms with E-state index in [1.807, 2.05) is 18.4 Å². The fourth-order valence-electron chi connectivity index (χ4n) is 2.04. The van der Waals surface area contributed by atoms with E-state index in [1.54, 1.807) is 0 Å². The van der Waals surface area contributed by atoms with Crippen molar-refractivity contribution in [2.45, 2.75) is 33.7 Å². The average Bonchev–Trinajstić information content (AvgIpc) is 2.80. The highest BCUT2D eigenvalue weighted by Gasteiger charge is 2.10. The van der Waals surface area contributed by atoms with Crippen LogP contribution in [0.25, 0.3) is 11.0 Å². The lowest BCUT2D eigenvalue weighted by Crippen LogP contribution is -2.18. The Kier molecular flexibility index (Phi) is 4.86. The Morgan fingerprint density at radius 1 is 1.32 bits per heavy atom. The molecule has 0 aliphatic rings. The largest absolute Gasteiger partial charge is 0.490 e. The number of rotatable bonds is 7. The summed E-state index contributed by atoms with van der Waals surface area (Å²) in [7, 11) is 0. The third kappa shape index (κ3) is 3.51.